The van der Waals surface area contributed by atoms with Gasteiger partial charge in [-0.25, -0.2) is 4.39 Å². The fourth-order valence-corrected chi connectivity index (χ4v) is 2.51. The lowest BCUT2D eigenvalue weighted by atomic mass is 10.1. The van der Waals surface area contributed by atoms with E-state index in [-0.39, 0.29) is 18.2 Å². The molecule has 0 atom stereocenters. The Bertz CT molecular complexity index is 982. The summed E-state index contributed by atoms with van der Waals surface area (Å²) in [7, 11) is 3.35. The van der Waals surface area contributed by atoms with E-state index in [0.29, 0.717) is 16.8 Å². The van der Waals surface area contributed by atoms with Crippen molar-refractivity contribution in [3.8, 4) is 11.3 Å². The third-order valence-electron chi connectivity index (χ3n) is 3.89. The first-order chi connectivity index (χ1) is 12.9. The van der Waals surface area contributed by atoms with Crippen LogP contribution in [0.15, 0.2) is 59.1 Å². The number of rotatable bonds is 5. The number of hydrogen-bond donors (Lipinski definition) is 1. The summed E-state index contributed by atoms with van der Waals surface area (Å²) >= 11 is 0. The second-order valence-corrected chi connectivity index (χ2v) is 6.17. The zero-order chi connectivity index (χ0) is 19.4. The number of hydrogen-bond acceptors (Lipinski definition) is 4. The van der Waals surface area contributed by atoms with Gasteiger partial charge in [0.2, 0.25) is 5.76 Å². The molecule has 2 amide bonds. The molecule has 0 saturated carbocycles. The monoisotopic (exact) mass is 367 g/mol. The van der Waals surface area contributed by atoms with Gasteiger partial charge in [0.15, 0.2) is 0 Å². The number of nitrogens with zero attached hydrogens (tertiary/aromatic N) is 2. The van der Waals surface area contributed by atoms with E-state index < -0.39 is 11.7 Å². The van der Waals surface area contributed by atoms with Crippen LogP contribution in [0.3, 0.4) is 0 Å². The normalized spacial score (nSPS) is 10.5. The third-order valence-corrected chi connectivity index (χ3v) is 3.89. The molecule has 0 aliphatic rings. The molecule has 1 aromatic heterocycles. The van der Waals surface area contributed by atoms with Crippen molar-refractivity contribution in [2.75, 3.05) is 14.1 Å². The lowest BCUT2D eigenvalue weighted by molar-refractivity contribution is 0.0827. The number of amides is 2. The van der Waals surface area contributed by atoms with Crippen LogP contribution in [-0.4, -0.2) is 36.0 Å². The van der Waals surface area contributed by atoms with Gasteiger partial charge in [0.25, 0.3) is 11.8 Å². The maximum atomic E-state index is 13.3. The van der Waals surface area contributed by atoms with Crippen LogP contribution < -0.4 is 5.32 Å². The Morgan fingerprint density at radius 2 is 1.89 bits per heavy atom. The van der Waals surface area contributed by atoms with Crippen molar-refractivity contribution < 1.29 is 18.5 Å². The van der Waals surface area contributed by atoms with E-state index in [1.54, 1.807) is 44.4 Å². The minimum Gasteiger partial charge on any atom is -0.350 e. The highest BCUT2D eigenvalue weighted by Gasteiger charge is 2.15. The van der Waals surface area contributed by atoms with Crippen molar-refractivity contribution in [1.82, 2.24) is 15.4 Å². The van der Waals surface area contributed by atoms with Gasteiger partial charge in [-0.3, -0.25) is 9.59 Å². The highest BCUT2D eigenvalue weighted by molar-refractivity contribution is 5.94. The molecule has 0 radical (unpaired) electrons. The van der Waals surface area contributed by atoms with Gasteiger partial charge in [0.05, 0.1) is 0 Å². The predicted octanol–water partition coefficient (Wildman–Crippen LogP) is 3.11. The molecular formula is C20H18FN3O3. The first-order valence-electron chi connectivity index (χ1n) is 8.25. The smallest absolute Gasteiger partial charge is 0.290 e. The maximum absolute atomic E-state index is 13.3. The Labute approximate surface area is 155 Å². The number of carbonyl (C=O) groups excluding carboxylic acids is 2. The molecule has 6 nitrogen and oxygen atoms in total. The molecule has 138 valence electrons. The summed E-state index contributed by atoms with van der Waals surface area (Å²) in [6, 6.07) is 14.3. The second-order valence-electron chi connectivity index (χ2n) is 6.17. The van der Waals surface area contributed by atoms with Crippen LogP contribution in [0.2, 0.25) is 0 Å². The number of nitrogens with one attached hydrogen (secondary N) is 1. The molecule has 1 N–H and O–H groups in total. The SMILES string of the molecule is CN(C)C(=O)c1cccc(CNC(=O)c2cc(-c3cccc(F)c3)no2)c1. The number of carbonyl (C=O) groups is 2. The second kappa shape index (κ2) is 7.82. The zero-order valence-corrected chi connectivity index (χ0v) is 14.9. The summed E-state index contributed by atoms with van der Waals surface area (Å²) in [5, 5.41) is 6.52. The fourth-order valence-electron chi connectivity index (χ4n) is 2.51. The summed E-state index contributed by atoms with van der Waals surface area (Å²) in [4.78, 5) is 25.8. The van der Waals surface area contributed by atoms with E-state index in [1.807, 2.05) is 6.07 Å². The average molecular weight is 367 g/mol. The topological polar surface area (TPSA) is 75.4 Å². The molecule has 27 heavy (non-hydrogen) atoms. The summed E-state index contributed by atoms with van der Waals surface area (Å²) in [6.45, 7) is 0.226. The Kier molecular flexibility index (Phi) is 5.30. The molecule has 2 aromatic carbocycles. The van der Waals surface area contributed by atoms with Crippen LogP contribution in [-0.2, 0) is 6.54 Å². The summed E-state index contributed by atoms with van der Waals surface area (Å²) in [5.41, 5.74) is 2.21. The summed E-state index contributed by atoms with van der Waals surface area (Å²) in [5.74, 6) is -0.934. The van der Waals surface area contributed by atoms with E-state index in [2.05, 4.69) is 10.5 Å². The van der Waals surface area contributed by atoms with Gasteiger partial charge in [-0.05, 0) is 29.8 Å². The maximum Gasteiger partial charge on any atom is 0.290 e. The molecule has 0 spiro atoms. The van der Waals surface area contributed by atoms with Gasteiger partial charge in [-0.15, -0.1) is 0 Å². The number of benzene rings is 2. The zero-order valence-electron chi connectivity index (χ0n) is 14.9. The van der Waals surface area contributed by atoms with Crippen LogP contribution in [0.1, 0.15) is 26.5 Å². The van der Waals surface area contributed by atoms with Gasteiger partial charge >= 0.3 is 0 Å². The highest BCUT2D eigenvalue weighted by Crippen LogP contribution is 2.20. The van der Waals surface area contributed by atoms with Crippen molar-refractivity contribution in [3.05, 3.63) is 77.3 Å². The van der Waals surface area contributed by atoms with Crippen LogP contribution in [0.25, 0.3) is 11.3 Å². The quantitative estimate of drug-likeness (QED) is 0.752. The first kappa shape index (κ1) is 18.3. The lowest BCUT2D eigenvalue weighted by Crippen LogP contribution is -2.24. The molecule has 0 saturated heterocycles. The predicted molar refractivity (Wildman–Crippen MR) is 97.5 cm³/mol. The molecule has 0 fully saturated rings. The Morgan fingerprint density at radius 1 is 1.11 bits per heavy atom. The van der Waals surface area contributed by atoms with E-state index in [4.69, 9.17) is 4.52 Å². The van der Waals surface area contributed by atoms with Gasteiger partial charge in [-0.1, -0.05) is 29.4 Å². The number of halogens is 1. The van der Waals surface area contributed by atoms with E-state index in [1.165, 1.54) is 23.1 Å². The molecule has 3 rings (SSSR count). The third kappa shape index (κ3) is 4.38. The molecule has 0 aliphatic heterocycles. The molecule has 0 unspecified atom stereocenters. The van der Waals surface area contributed by atoms with Crippen LogP contribution >= 0.6 is 0 Å². The first-order valence-corrected chi connectivity index (χ1v) is 8.25. The molecular weight excluding hydrogens is 349 g/mol. The molecule has 7 heteroatoms. The van der Waals surface area contributed by atoms with Gasteiger partial charge in [-0.2, -0.15) is 0 Å². The lowest BCUT2D eigenvalue weighted by Gasteiger charge is -2.11. The minimum atomic E-state index is -0.450. The fraction of sp³-hybridized carbons (Fsp3) is 0.150. The molecule has 1 heterocycles. The van der Waals surface area contributed by atoms with Gasteiger partial charge in [0.1, 0.15) is 11.5 Å². The number of aromatic nitrogens is 1. The largest absolute Gasteiger partial charge is 0.350 e. The standard InChI is InChI=1S/C20H18FN3O3/c1-24(2)20(26)15-7-3-5-13(9-15)12-22-19(25)18-11-17(23-27-18)14-6-4-8-16(21)10-14/h3-11H,12H2,1-2H3,(H,22,25). The van der Waals surface area contributed by atoms with E-state index >= 15 is 0 Å². The van der Waals surface area contributed by atoms with Gasteiger partial charge in [0, 0.05) is 37.8 Å². The minimum absolute atomic E-state index is 0.0229. The molecule has 3 aromatic rings. The molecule has 0 aliphatic carbocycles. The van der Waals surface area contributed by atoms with Crippen LogP contribution in [0.4, 0.5) is 4.39 Å². The van der Waals surface area contributed by atoms with Crippen molar-refractivity contribution >= 4 is 11.8 Å². The highest BCUT2D eigenvalue weighted by atomic mass is 19.1. The van der Waals surface area contributed by atoms with E-state index in [9.17, 15) is 14.0 Å². The Hall–Kier alpha value is -3.48. The Morgan fingerprint density at radius 3 is 2.63 bits per heavy atom. The van der Waals surface area contributed by atoms with Crippen molar-refractivity contribution in [3.63, 3.8) is 0 Å². The van der Waals surface area contributed by atoms with Crippen molar-refractivity contribution in [2.24, 2.45) is 0 Å². The van der Waals surface area contributed by atoms with Crippen molar-refractivity contribution in [1.29, 1.82) is 0 Å². The summed E-state index contributed by atoms with van der Waals surface area (Å²) < 4.78 is 18.4. The van der Waals surface area contributed by atoms with Crippen LogP contribution in [0, 0.1) is 5.82 Å². The van der Waals surface area contributed by atoms with Crippen LogP contribution in [0.5, 0.6) is 0 Å². The summed E-state index contributed by atoms with van der Waals surface area (Å²) in [6.07, 6.45) is 0. The van der Waals surface area contributed by atoms with E-state index in [0.717, 1.165) is 5.56 Å². The van der Waals surface area contributed by atoms with Crippen molar-refractivity contribution in [2.45, 2.75) is 6.54 Å². The Balaban J connectivity index is 1.67. The van der Waals surface area contributed by atoms with Gasteiger partial charge < -0.3 is 14.7 Å². The average Bonchev–Trinajstić information content (AvgIpc) is 3.16. The molecule has 0 bridgehead atoms.